The SMILES string of the molecule is O=C(/C=C/c1cccc([N+](=O)[O-])c1)N(CCCN1CCOCC1)c1nc2c(F)cccc2s1. The minimum Gasteiger partial charge on any atom is -0.379 e. The van der Waals surface area contributed by atoms with Gasteiger partial charge in [0.2, 0.25) is 0 Å². The van der Waals surface area contributed by atoms with E-state index in [2.05, 4.69) is 9.88 Å². The second-order valence-electron chi connectivity index (χ2n) is 7.57. The molecule has 1 aliphatic heterocycles. The van der Waals surface area contributed by atoms with Crippen molar-refractivity contribution < 1.29 is 18.8 Å². The van der Waals surface area contributed by atoms with Crippen LogP contribution in [0.4, 0.5) is 15.2 Å². The minimum absolute atomic E-state index is 0.0476. The summed E-state index contributed by atoms with van der Waals surface area (Å²) >= 11 is 1.26. The number of aromatic nitrogens is 1. The number of morpholine rings is 1. The fraction of sp³-hybridized carbons (Fsp3) is 0.304. The van der Waals surface area contributed by atoms with Crippen LogP contribution >= 0.6 is 11.3 Å². The zero-order valence-electron chi connectivity index (χ0n) is 17.9. The zero-order chi connectivity index (χ0) is 23.2. The second kappa shape index (κ2) is 10.6. The van der Waals surface area contributed by atoms with Gasteiger partial charge in [0, 0.05) is 44.4 Å². The van der Waals surface area contributed by atoms with Crippen molar-refractivity contribution in [1.82, 2.24) is 9.88 Å². The number of halogens is 1. The molecule has 1 aliphatic rings. The molecule has 8 nitrogen and oxygen atoms in total. The van der Waals surface area contributed by atoms with Crippen LogP contribution in [0.3, 0.4) is 0 Å². The van der Waals surface area contributed by atoms with Crippen LogP contribution in [0.25, 0.3) is 16.3 Å². The summed E-state index contributed by atoms with van der Waals surface area (Å²) in [6, 6.07) is 10.8. The molecule has 10 heteroatoms. The summed E-state index contributed by atoms with van der Waals surface area (Å²) in [6.45, 7) is 4.33. The van der Waals surface area contributed by atoms with Crippen molar-refractivity contribution in [3.8, 4) is 0 Å². The number of para-hydroxylation sites is 1. The van der Waals surface area contributed by atoms with Crippen LogP contribution in [-0.4, -0.2) is 60.1 Å². The van der Waals surface area contributed by atoms with Crippen LogP contribution < -0.4 is 4.90 Å². The lowest BCUT2D eigenvalue weighted by Crippen LogP contribution is -2.39. The molecule has 1 aromatic heterocycles. The number of fused-ring (bicyclic) bond motifs is 1. The number of benzene rings is 2. The summed E-state index contributed by atoms with van der Waals surface area (Å²) < 4.78 is 20.2. The molecule has 0 saturated carbocycles. The van der Waals surface area contributed by atoms with Gasteiger partial charge in [-0.05, 0) is 30.2 Å². The Bertz CT molecular complexity index is 1180. The molecule has 0 unspecified atom stereocenters. The summed E-state index contributed by atoms with van der Waals surface area (Å²) in [5, 5.41) is 11.4. The highest BCUT2D eigenvalue weighted by atomic mass is 32.1. The normalized spacial score (nSPS) is 14.7. The number of hydrogen-bond donors (Lipinski definition) is 0. The molecule has 2 heterocycles. The number of hydrogen-bond acceptors (Lipinski definition) is 7. The van der Waals surface area contributed by atoms with Gasteiger partial charge in [0.05, 0.1) is 22.8 Å². The van der Waals surface area contributed by atoms with E-state index in [-0.39, 0.29) is 17.1 Å². The van der Waals surface area contributed by atoms with E-state index in [0.29, 0.717) is 35.2 Å². The molecule has 33 heavy (non-hydrogen) atoms. The highest BCUT2D eigenvalue weighted by molar-refractivity contribution is 7.22. The topological polar surface area (TPSA) is 88.8 Å². The Morgan fingerprint density at radius 3 is 2.82 bits per heavy atom. The van der Waals surface area contributed by atoms with E-state index in [1.165, 1.54) is 41.7 Å². The molecule has 1 saturated heterocycles. The average molecular weight is 471 g/mol. The first kappa shape index (κ1) is 23.0. The van der Waals surface area contributed by atoms with E-state index in [4.69, 9.17) is 4.74 Å². The molecule has 172 valence electrons. The number of non-ortho nitro benzene ring substituents is 1. The van der Waals surface area contributed by atoms with Gasteiger partial charge in [-0.1, -0.05) is 29.5 Å². The Kier molecular flexibility index (Phi) is 7.38. The predicted molar refractivity (Wildman–Crippen MR) is 126 cm³/mol. The predicted octanol–water partition coefficient (Wildman–Crippen LogP) is 4.11. The third kappa shape index (κ3) is 5.78. The molecular weight excluding hydrogens is 447 g/mol. The number of ether oxygens (including phenoxy) is 1. The largest absolute Gasteiger partial charge is 0.379 e. The standard InChI is InChI=1S/C23H23FN4O4S/c24-19-6-2-7-20-22(19)25-23(33-20)27(11-3-10-26-12-14-32-15-13-26)21(29)9-8-17-4-1-5-18(16-17)28(30)31/h1-2,4-9,16H,3,10-15H2/b9-8+. The minimum atomic E-state index is -0.479. The monoisotopic (exact) mass is 470 g/mol. The quantitative estimate of drug-likeness (QED) is 0.280. The third-order valence-corrected chi connectivity index (χ3v) is 6.36. The van der Waals surface area contributed by atoms with Crippen molar-refractivity contribution in [3.05, 3.63) is 70.0 Å². The summed E-state index contributed by atoms with van der Waals surface area (Å²) in [5.74, 6) is -0.745. The number of thiazole rings is 1. The number of nitro benzene ring substituents is 1. The highest BCUT2D eigenvalue weighted by Crippen LogP contribution is 2.30. The van der Waals surface area contributed by atoms with Crippen LogP contribution in [0.15, 0.2) is 48.5 Å². The van der Waals surface area contributed by atoms with Crippen LogP contribution in [0, 0.1) is 15.9 Å². The summed E-state index contributed by atoms with van der Waals surface area (Å²) in [6.07, 6.45) is 3.63. The highest BCUT2D eigenvalue weighted by Gasteiger charge is 2.20. The van der Waals surface area contributed by atoms with Gasteiger partial charge in [-0.3, -0.25) is 24.7 Å². The summed E-state index contributed by atoms with van der Waals surface area (Å²) in [5.41, 5.74) is 0.737. The first-order chi connectivity index (χ1) is 16.0. The summed E-state index contributed by atoms with van der Waals surface area (Å²) in [7, 11) is 0. The number of nitrogens with zero attached hydrogens (tertiary/aromatic N) is 4. The van der Waals surface area contributed by atoms with Crippen molar-refractivity contribution in [3.63, 3.8) is 0 Å². The van der Waals surface area contributed by atoms with Crippen LogP contribution in [-0.2, 0) is 9.53 Å². The van der Waals surface area contributed by atoms with Crippen LogP contribution in [0.2, 0.25) is 0 Å². The molecule has 3 aromatic rings. The summed E-state index contributed by atoms with van der Waals surface area (Å²) in [4.78, 5) is 31.9. The van der Waals surface area contributed by atoms with Gasteiger partial charge in [0.15, 0.2) is 5.13 Å². The lowest BCUT2D eigenvalue weighted by Gasteiger charge is -2.27. The molecule has 0 atom stereocenters. The lowest BCUT2D eigenvalue weighted by atomic mass is 10.2. The number of anilines is 1. The number of rotatable bonds is 8. The van der Waals surface area contributed by atoms with E-state index >= 15 is 0 Å². The lowest BCUT2D eigenvalue weighted by molar-refractivity contribution is -0.384. The first-order valence-corrected chi connectivity index (χ1v) is 11.4. The zero-order valence-corrected chi connectivity index (χ0v) is 18.7. The van der Waals surface area contributed by atoms with Crippen molar-refractivity contribution >= 4 is 44.4 Å². The van der Waals surface area contributed by atoms with Crippen molar-refractivity contribution in [2.45, 2.75) is 6.42 Å². The number of amides is 1. The Balaban J connectivity index is 1.54. The van der Waals surface area contributed by atoms with Gasteiger partial charge in [0.25, 0.3) is 11.6 Å². The Morgan fingerprint density at radius 1 is 1.27 bits per heavy atom. The van der Waals surface area contributed by atoms with Gasteiger partial charge in [-0.15, -0.1) is 0 Å². The molecule has 0 aliphatic carbocycles. The van der Waals surface area contributed by atoms with Gasteiger partial charge in [0.1, 0.15) is 11.3 Å². The van der Waals surface area contributed by atoms with Gasteiger partial charge in [-0.2, -0.15) is 0 Å². The Morgan fingerprint density at radius 2 is 2.06 bits per heavy atom. The smallest absolute Gasteiger partial charge is 0.270 e. The molecule has 0 radical (unpaired) electrons. The molecule has 4 rings (SSSR count). The van der Waals surface area contributed by atoms with E-state index in [1.54, 1.807) is 29.2 Å². The Hall–Kier alpha value is -3.21. The molecule has 1 fully saturated rings. The van der Waals surface area contributed by atoms with Gasteiger partial charge < -0.3 is 4.74 Å². The van der Waals surface area contributed by atoms with E-state index in [9.17, 15) is 19.3 Å². The first-order valence-electron chi connectivity index (χ1n) is 10.6. The molecular formula is C23H23FN4O4S. The molecule has 2 aromatic carbocycles. The van der Waals surface area contributed by atoms with Crippen LogP contribution in [0.1, 0.15) is 12.0 Å². The van der Waals surface area contributed by atoms with Gasteiger partial charge >= 0.3 is 0 Å². The molecule has 0 N–H and O–H groups in total. The fourth-order valence-corrected chi connectivity index (χ4v) is 4.61. The third-order valence-electron chi connectivity index (χ3n) is 5.31. The maximum Gasteiger partial charge on any atom is 0.270 e. The molecule has 0 spiro atoms. The number of carbonyl (C=O) groups excluding carboxylic acids is 1. The number of nitro groups is 1. The fourth-order valence-electron chi connectivity index (χ4n) is 3.60. The van der Waals surface area contributed by atoms with Crippen molar-refractivity contribution in [2.75, 3.05) is 44.3 Å². The average Bonchev–Trinajstić information content (AvgIpc) is 3.26. The maximum atomic E-state index is 14.2. The van der Waals surface area contributed by atoms with Gasteiger partial charge in [-0.25, -0.2) is 9.37 Å². The number of carbonyl (C=O) groups is 1. The van der Waals surface area contributed by atoms with Crippen molar-refractivity contribution in [2.24, 2.45) is 0 Å². The van der Waals surface area contributed by atoms with E-state index in [1.807, 2.05) is 0 Å². The van der Waals surface area contributed by atoms with Crippen molar-refractivity contribution in [1.29, 1.82) is 0 Å². The second-order valence-corrected chi connectivity index (χ2v) is 8.57. The van der Waals surface area contributed by atoms with E-state index < -0.39 is 10.7 Å². The maximum absolute atomic E-state index is 14.2. The Labute approximate surface area is 194 Å². The molecule has 0 bridgehead atoms. The van der Waals surface area contributed by atoms with Crippen LogP contribution in [0.5, 0.6) is 0 Å². The van der Waals surface area contributed by atoms with E-state index in [0.717, 1.165) is 26.1 Å². The molecule has 1 amide bonds.